The van der Waals surface area contributed by atoms with Gasteiger partial charge in [0.25, 0.3) is 0 Å². The lowest BCUT2D eigenvalue weighted by Gasteiger charge is -2.23. The van der Waals surface area contributed by atoms with Gasteiger partial charge in [-0.3, -0.25) is 4.79 Å². The van der Waals surface area contributed by atoms with Crippen molar-refractivity contribution in [1.29, 1.82) is 0 Å². The van der Waals surface area contributed by atoms with Gasteiger partial charge in [-0.15, -0.1) is 0 Å². The zero-order valence-electron chi connectivity index (χ0n) is 15.1. The number of hydrogen-bond donors (Lipinski definition) is 0. The highest BCUT2D eigenvalue weighted by molar-refractivity contribution is 5.76. The number of carbonyl (C=O) groups is 1. The fourth-order valence-electron chi connectivity index (χ4n) is 3.08. The first kappa shape index (κ1) is 18.3. The van der Waals surface area contributed by atoms with Crippen LogP contribution in [-0.4, -0.2) is 53.7 Å². The quantitative estimate of drug-likeness (QED) is 0.795. The van der Waals surface area contributed by atoms with E-state index in [1.165, 1.54) is 0 Å². The van der Waals surface area contributed by atoms with Crippen LogP contribution in [0, 0.1) is 12.8 Å². The van der Waals surface area contributed by atoms with Crippen LogP contribution in [-0.2, 0) is 16.0 Å². The zero-order chi connectivity index (χ0) is 18.2. The number of para-hydroxylation sites is 1. The van der Waals surface area contributed by atoms with Crippen molar-refractivity contribution < 1.29 is 14.3 Å². The molecule has 6 heteroatoms. The summed E-state index contributed by atoms with van der Waals surface area (Å²) >= 11 is 0. The summed E-state index contributed by atoms with van der Waals surface area (Å²) in [6.45, 7) is 4.88. The number of carbonyl (C=O) groups excluding carboxylic acids is 1. The van der Waals surface area contributed by atoms with E-state index in [0.29, 0.717) is 39.3 Å². The Kier molecular flexibility index (Phi) is 6.55. The molecule has 0 bridgehead atoms. The van der Waals surface area contributed by atoms with Gasteiger partial charge in [0, 0.05) is 30.4 Å². The van der Waals surface area contributed by atoms with Crippen LogP contribution >= 0.6 is 0 Å². The van der Waals surface area contributed by atoms with E-state index >= 15 is 0 Å². The molecule has 1 aromatic heterocycles. The first-order valence-corrected chi connectivity index (χ1v) is 9.01. The van der Waals surface area contributed by atoms with E-state index in [2.05, 4.69) is 9.97 Å². The van der Waals surface area contributed by atoms with Gasteiger partial charge >= 0.3 is 0 Å². The van der Waals surface area contributed by atoms with E-state index in [1.807, 2.05) is 48.2 Å². The van der Waals surface area contributed by atoms with Gasteiger partial charge in [0.05, 0.1) is 26.2 Å². The predicted octanol–water partition coefficient (Wildman–Crippen LogP) is 2.27. The second-order valence-electron chi connectivity index (χ2n) is 6.55. The Balaban J connectivity index is 1.50. The van der Waals surface area contributed by atoms with Gasteiger partial charge in [0.15, 0.2) is 0 Å². The van der Waals surface area contributed by atoms with Gasteiger partial charge in [-0.2, -0.15) is 0 Å². The lowest BCUT2D eigenvalue weighted by molar-refractivity contribution is -0.132. The summed E-state index contributed by atoms with van der Waals surface area (Å²) in [6, 6.07) is 11.6. The Bertz CT molecular complexity index is 708. The van der Waals surface area contributed by atoms with Crippen LogP contribution < -0.4 is 4.74 Å². The van der Waals surface area contributed by atoms with E-state index in [1.54, 1.807) is 6.33 Å². The molecule has 0 aliphatic carbocycles. The third-order valence-electron chi connectivity index (χ3n) is 4.38. The van der Waals surface area contributed by atoms with Crippen molar-refractivity contribution >= 4 is 5.91 Å². The van der Waals surface area contributed by atoms with E-state index in [0.717, 1.165) is 23.6 Å². The Labute approximate surface area is 154 Å². The van der Waals surface area contributed by atoms with E-state index in [4.69, 9.17) is 9.47 Å². The average Bonchev–Trinajstić information content (AvgIpc) is 2.88. The molecular weight excluding hydrogens is 330 g/mol. The third-order valence-corrected chi connectivity index (χ3v) is 4.38. The number of aromatic nitrogens is 2. The number of nitrogens with zero attached hydrogens (tertiary/aromatic N) is 3. The van der Waals surface area contributed by atoms with Gasteiger partial charge in [0.2, 0.25) is 5.91 Å². The molecule has 1 saturated heterocycles. The molecule has 0 unspecified atom stereocenters. The zero-order valence-corrected chi connectivity index (χ0v) is 15.1. The van der Waals surface area contributed by atoms with Gasteiger partial charge in [0.1, 0.15) is 12.1 Å². The van der Waals surface area contributed by atoms with Gasteiger partial charge in [-0.25, -0.2) is 9.97 Å². The molecule has 1 fully saturated rings. The Morgan fingerprint density at radius 2 is 2.15 bits per heavy atom. The molecule has 1 aromatic carbocycles. The predicted molar refractivity (Wildman–Crippen MR) is 97.9 cm³/mol. The summed E-state index contributed by atoms with van der Waals surface area (Å²) < 4.78 is 11.3. The van der Waals surface area contributed by atoms with Crippen LogP contribution in [0.2, 0.25) is 0 Å². The molecule has 26 heavy (non-hydrogen) atoms. The number of amides is 1. The highest BCUT2D eigenvalue weighted by Gasteiger charge is 2.23. The molecule has 2 aromatic rings. The summed E-state index contributed by atoms with van der Waals surface area (Å²) in [5.41, 5.74) is 1.95. The van der Waals surface area contributed by atoms with E-state index in [9.17, 15) is 4.79 Å². The normalized spacial score (nSPS) is 17.6. The van der Waals surface area contributed by atoms with Gasteiger partial charge in [-0.05, 0) is 31.5 Å². The molecule has 2 heterocycles. The number of benzene rings is 1. The summed E-state index contributed by atoms with van der Waals surface area (Å²) in [5, 5.41) is 0. The molecule has 6 nitrogen and oxygen atoms in total. The van der Waals surface area contributed by atoms with E-state index < -0.39 is 0 Å². The highest BCUT2D eigenvalue weighted by Crippen LogP contribution is 2.14. The minimum absolute atomic E-state index is 0.107. The van der Waals surface area contributed by atoms with Crippen molar-refractivity contribution in [2.24, 2.45) is 5.92 Å². The lowest BCUT2D eigenvalue weighted by atomic mass is 10.0. The minimum Gasteiger partial charge on any atom is -0.493 e. The van der Waals surface area contributed by atoms with Crippen LogP contribution in [0.4, 0.5) is 0 Å². The van der Waals surface area contributed by atoms with Crippen molar-refractivity contribution in [2.45, 2.75) is 19.8 Å². The van der Waals surface area contributed by atoms with Crippen LogP contribution in [0.25, 0.3) is 0 Å². The Morgan fingerprint density at radius 3 is 2.96 bits per heavy atom. The fraction of sp³-hybridized carbons (Fsp3) is 0.450. The Hall–Kier alpha value is -2.47. The molecule has 1 aliphatic heterocycles. The average molecular weight is 355 g/mol. The third kappa shape index (κ3) is 5.52. The molecule has 0 N–H and O–H groups in total. The largest absolute Gasteiger partial charge is 0.493 e. The van der Waals surface area contributed by atoms with Crippen LogP contribution in [0.1, 0.15) is 17.8 Å². The first-order chi connectivity index (χ1) is 12.7. The van der Waals surface area contributed by atoms with Crippen molar-refractivity contribution in [3.05, 3.63) is 54.1 Å². The smallest absolute Gasteiger partial charge is 0.226 e. The topological polar surface area (TPSA) is 64.5 Å². The van der Waals surface area contributed by atoms with Gasteiger partial charge in [-0.1, -0.05) is 18.2 Å². The molecule has 1 aliphatic rings. The van der Waals surface area contributed by atoms with E-state index in [-0.39, 0.29) is 11.8 Å². The second-order valence-corrected chi connectivity index (χ2v) is 6.55. The van der Waals surface area contributed by atoms with Gasteiger partial charge < -0.3 is 14.4 Å². The summed E-state index contributed by atoms with van der Waals surface area (Å²) in [4.78, 5) is 22.9. The first-order valence-electron chi connectivity index (χ1n) is 9.01. The van der Waals surface area contributed by atoms with Crippen molar-refractivity contribution in [2.75, 3.05) is 32.9 Å². The van der Waals surface area contributed by atoms with Crippen LogP contribution in [0.3, 0.4) is 0 Å². The second kappa shape index (κ2) is 9.29. The maximum Gasteiger partial charge on any atom is 0.226 e. The number of hydrogen-bond acceptors (Lipinski definition) is 5. The minimum atomic E-state index is 0.107. The SMILES string of the molecule is Cc1cc(C[C@H]2COCCN(C(=O)CCOc3ccccc3)C2)ncn1. The van der Waals surface area contributed by atoms with Crippen LogP contribution in [0.15, 0.2) is 42.7 Å². The molecule has 1 amide bonds. The maximum absolute atomic E-state index is 12.6. The highest BCUT2D eigenvalue weighted by atomic mass is 16.5. The molecule has 0 radical (unpaired) electrons. The standard InChI is InChI=1S/C20H25N3O3/c1-16-11-18(22-15-21-16)12-17-13-23(8-10-25-14-17)20(24)7-9-26-19-5-3-2-4-6-19/h2-6,11,15,17H,7-10,12-14H2,1H3/t17-/m1/s1. The lowest BCUT2D eigenvalue weighted by Crippen LogP contribution is -2.37. The van der Waals surface area contributed by atoms with Crippen molar-refractivity contribution in [1.82, 2.24) is 14.9 Å². The molecule has 0 spiro atoms. The monoisotopic (exact) mass is 355 g/mol. The van der Waals surface area contributed by atoms with Crippen LogP contribution in [0.5, 0.6) is 5.75 Å². The fourth-order valence-corrected chi connectivity index (χ4v) is 3.08. The number of ether oxygens (including phenoxy) is 2. The maximum atomic E-state index is 12.6. The van der Waals surface area contributed by atoms with Crippen molar-refractivity contribution in [3.63, 3.8) is 0 Å². The Morgan fingerprint density at radius 1 is 1.31 bits per heavy atom. The summed E-state index contributed by atoms with van der Waals surface area (Å²) in [5.74, 6) is 1.14. The molecule has 3 rings (SSSR count). The number of aryl methyl sites for hydroxylation is 1. The summed E-state index contributed by atoms with van der Waals surface area (Å²) in [6.07, 6.45) is 2.74. The molecule has 0 saturated carbocycles. The molecule has 1 atom stereocenters. The number of rotatable bonds is 6. The molecule has 138 valence electrons. The molecular formula is C20H25N3O3. The summed E-state index contributed by atoms with van der Waals surface area (Å²) in [7, 11) is 0. The van der Waals surface area contributed by atoms with Crippen molar-refractivity contribution in [3.8, 4) is 5.75 Å².